The minimum absolute atomic E-state index is 0.0543. The van der Waals surface area contributed by atoms with Gasteiger partial charge in [0.2, 0.25) is 0 Å². The number of hydrogen-bond acceptors (Lipinski definition) is 4. The monoisotopic (exact) mass is 294 g/mol. The average Bonchev–Trinajstić information content (AvgIpc) is 2.75. The Kier molecular flexibility index (Phi) is 4.99. The molecule has 0 aromatic heterocycles. The number of urea groups is 1. The maximum atomic E-state index is 12.1. The fourth-order valence-corrected chi connectivity index (χ4v) is 2.10. The lowest BCUT2D eigenvalue weighted by molar-refractivity contribution is 0.0693. The summed E-state index contributed by atoms with van der Waals surface area (Å²) in [5.41, 5.74) is 0.547. The van der Waals surface area contributed by atoms with Crippen molar-refractivity contribution in [2.24, 2.45) is 0 Å². The van der Waals surface area contributed by atoms with E-state index in [0.717, 1.165) is 6.42 Å². The number of nitrogens with zero attached hydrogens (tertiary/aromatic N) is 1. The molecule has 1 aromatic carbocycles. The molecule has 1 aliphatic rings. The minimum Gasteiger partial charge on any atom is -0.496 e. The van der Waals surface area contributed by atoms with Crippen molar-refractivity contribution in [3.8, 4) is 5.75 Å². The topological polar surface area (TPSA) is 88.1 Å². The number of aromatic carboxylic acids is 1. The highest BCUT2D eigenvalue weighted by molar-refractivity contribution is 5.94. The zero-order chi connectivity index (χ0) is 15.2. The standard InChI is InChI=1S/C14H18N2O5/c1-20-12-9-10(3-4-11(12)13(17)18)15-14(19)16-5-2-7-21-8-6-16/h3-4,9H,2,5-8H2,1H3,(H,15,19)(H,17,18). The number of rotatable bonds is 3. The first-order valence-corrected chi connectivity index (χ1v) is 6.67. The molecular weight excluding hydrogens is 276 g/mol. The van der Waals surface area contributed by atoms with Crippen LogP contribution >= 0.6 is 0 Å². The first-order chi connectivity index (χ1) is 10.1. The second kappa shape index (κ2) is 6.94. The van der Waals surface area contributed by atoms with E-state index in [1.165, 1.54) is 25.3 Å². The predicted octanol–water partition coefficient (Wildman–Crippen LogP) is 1.65. The van der Waals surface area contributed by atoms with Crippen molar-refractivity contribution in [1.82, 2.24) is 4.90 Å². The van der Waals surface area contributed by atoms with Gasteiger partial charge in [-0.2, -0.15) is 0 Å². The Morgan fingerprint density at radius 1 is 1.33 bits per heavy atom. The third-order valence-electron chi connectivity index (χ3n) is 3.19. The van der Waals surface area contributed by atoms with Gasteiger partial charge in [-0.15, -0.1) is 0 Å². The van der Waals surface area contributed by atoms with Gasteiger partial charge in [0.1, 0.15) is 11.3 Å². The lowest BCUT2D eigenvalue weighted by atomic mass is 10.2. The highest BCUT2D eigenvalue weighted by Crippen LogP contribution is 2.23. The summed E-state index contributed by atoms with van der Waals surface area (Å²) in [7, 11) is 1.39. The molecule has 0 saturated carbocycles. The van der Waals surface area contributed by atoms with E-state index in [4.69, 9.17) is 14.6 Å². The highest BCUT2D eigenvalue weighted by Gasteiger charge is 2.17. The fraction of sp³-hybridized carbons (Fsp3) is 0.429. The first kappa shape index (κ1) is 15.1. The van der Waals surface area contributed by atoms with E-state index in [1.54, 1.807) is 4.90 Å². The molecule has 7 nitrogen and oxygen atoms in total. The maximum Gasteiger partial charge on any atom is 0.339 e. The Morgan fingerprint density at radius 3 is 2.86 bits per heavy atom. The summed E-state index contributed by atoms with van der Waals surface area (Å²) in [6, 6.07) is 4.21. The van der Waals surface area contributed by atoms with E-state index < -0.39 is 5.97 Å². The van der Waals surface area contributed by atoms with Gasteiger partial charge in [-0.25, -0.2) is 9.59 Å². The number of carbonyl (C=O) groups excluding carboxylic acids is 1. The van der Waals surface area contributed by atoms with Gasteiger partial charge in [0, 0.05) is 31.5 Å². The Bertz CT molecular complexity index is 524. The zero-order valence-corrected chi connectivity index (χ0v) is 11.8. The van der Waals surface area contributed by atoms with Crippen LogP contribution in [0, 0.1) is 0 Å². The van der Waals surface area contributed by atoms with Crippen LogP contribution in [0.2, 0.25) is 0 Å². The van der Waals surface area contributed by atoms with Gasteiger partial charge < -0.3 is 24.8 Å². The lowest BCUT2D eigenvalue weighted by Crippen LogP contribution is -2.36. The number of hydrogen-bond donors (Lipinski definition) is 2. The summed E-state index contributed by atoms with van der Waals surface area (Å²) in [6.07, 6.45) is 0.800. The summed E-state index contributed by atoms with van der Waals surface area (Å²) in [5.74, 6) is -0.867. The number of amides is 2. The second-order valence-electron chi connectivity index (χ2n) is 4.60. The molecule has 1 heterocycles. The van der Waals surface area contributed by atoms with Crippen LogP contribution in [0.25, 0.3) is 0 Å². The van der Waals surface area contributed by atoms with Crippen molar-refractivity contribution in [2.45, 2.75) is 6.42 Å². The smallest absolute Gasteiger partial charge is 0.339 e. The molecule has 0 aliphatic carbocycles. The van der Waals surface area contributed by atoms with E-state index in [0.29, 0.717) is 32.0 Å². The van der Waals surface area contributed by atoms with Crippen LogP contribution in [0.1, 0.15) is 16.8 Å². The van der Waals surface area contributed by atoms with Crippen molar-refractivity contribution in [1.29, 1.82) is 0 Å². The van der Waals surface area contributed by atoms with Crippen LogP contribution in [0.4, 0.5) is 10.5 Å². The molecule has 1 fully saturated rings. The molecule has 0 radical (unpaired) electrons. The number of ether oxygens (including phenoxy) is 2. The number of carboxylic acids is 1. The number of anilines is 1. The van der Waals surface area contributed by atoms with Gasteiger partial charge in [-0.1, -0.05) is 0 Å². The summed E-state index contributed by atoms with van der Waals surface area (Å²) in [4.78, 5) is 24.8. The summed E-state index contributed by atoms with van der Waals surface area (Å²) >= 11 is 0. The Balaban J connectivity index is 2.08. The van der Waals surface area contributed by atoms with Crippen LogP contribution in [0.15, 0.2) is 18.2 Å². The number of benzene rings is 1. The van der Waals surface area contributed by atoms with Crippen LogP contribution in [0.3, 0.4) is 0 Å². The van der Waals surface area contributed by atoms with Crippen LogP contribution in [0.5, 0.6) is 5.75 Å². The Hall–Kier alpha value is -2.28. The summed E-state index contributed by atoms with van der Waals surface area (Å²) in [5, 5.41) is 11.8. The van der Waals surface area contributed by atoms with E-state index in [9.17, 15) is 9.59 Å². The van der Waals surface area contributed by atoms with Gasteiger partial charge in [-0.05, 0) is 18.6 Å². The van der Waals surface area contributed by atoms with E-state index in [1.807, 2.05) is 0 Å². The maximum absolute atomic E-state index is 12.1. The van der Waals surface area contributed by atoms with Gasteiger partial charge in [0.15, 0.2) is 0 Å². The summed E-state index contributed by atoms with van der Waals surface area (Å²) < 4.78 is 10.3. The Labute approximate surface area is 122 Å². The zero-order valence-electron chi connectivity index (χ0n) is 11.8. The molecule has 0 spiro atoms. The van der Waals surface area contributed by atoms with Gasteiger partial charge in [-0.3, -0.25) is 0 Å². The third kappa shape index (κ3) is 3.85. The van der Waals surface area contributed by atoms with Crippen molar-refractivity contribution in [3.05, 3.63) is 23.8 Å². The van der Waals surface area contributed by atoms with Crippen molar-refractivity contribution >= 4 is 17.7 Å². The molecule has 0 atom stereocenters. The Morgan fingerprint density at radius 2 is 2.14 bits per heavy atom. The third-order valence-corrected chi connectivity index (χ3v) is 3.19. The minimum atomic E-state index is -1.07. The molecule has 7 heteroatoms. The molecule has 2 amide bonds. The molecular formula is C14H18N2O5. The number of methoxy groups -OCH3 is 1. The molecule has 1 aliphatic heterocycles. The van der Waals surface area contributed by atoms with Crippen LogP contribution < -0.4 is 10.1 Å². The second-order valence-corrected chi connectivity index (χ2v) is 4.60. The number of carboxylic acid groups (broad SMARTS) is 1. The number of carbonyl (C=O) groups is 2. The quantitative estimate of drug-likeness (QED) is 0.885. The van der Waals surface area contributed by atoms with E-state index in [-0.39, 0.29) is 17.3 Å². The average molecular weight is 294 g/mol. The van der Waals surface area contributed by atoms with Gasteiger partial charge >= 0.3 is 12.0 Å². The molecule has 2 N–H and O–H groups in total. The molecule has 21 heavy (non-hydrogen) atoms. The summed E-state index contributed by atoms with van der Waals surface area (Å²) in [6.45, 7) is 2.35. The largest absolute Gasteiger partial charge is 0.496 e. The van der Waals surface area contributed by atoms with Crippen molar-refractivity contribution in [3.63, 3.8) is 0 Å². The highest BCUT2D eigenvalue weighted by atomic mass is 16.5. The lowest BCUT2D eigenvalue weighted by Gasteiger charge is -2.20. The molecule has 1 saturated heterocycles. The van der Waals surface area contributed by atoms with Crippen LogP contribution in [-0.4, -0.2) is 55.4 Å². The van der Waals surface area contributed by atoms with Crippen molar-refractivity contribution < 1.29 is 24.2 Å². The van der Waals surface area contributed by atoms with E-state index in [2.05, 4.69) is 5.32 Å². The molecule has 2 rings (SSSR count). The van der Waals surface area contributed by atoms with Crippen molar-refractivity contribution in [2.75, 3.05) is 38.7 Å². The van der Waals surface area contributed by atoms with Gasteiger partial charge in [0.05, 0.1) is 13.7 Å². The van der Waals surface area contributed by atoms with E-state index >= 15 is 0 Å². The number of nitrogens with one attached hydrogen (secondary N) is 1. The first-order valence-electron chi connectivity index (χ1n) is 6.67. The SMILES string of the molecule is COc1cc(NC(=O)N2CCCOCC2)ccc1C(=O)O. The predicted molar refractivity (Wildman–Crippen MR) is 76.0 cm³/mol. The van der Waals surface area contributed by atoms with Gasteiger partial charge in [0.25, 0.3) is 0 Å². The van der Waals surface area contributed by atoms with Crippen LogP contribution in [-0.2, 0) is 4.74 Å². The molecule has 0 unspecified atom stereocenters. The molecule has 0 bridgehead atoms. The fourth-order valence-electron chi connectivity index (χ4n) is 2.10. The molecule has 1 aromatic rings. The molecule has 114 valence electrons. The normalized spacial score (nSPS) is 15.2.